The fraction of sp³-hybridized carbons (Fsp3) is 1.00. The van der Waals surface area contributed by atoms with E-state index in [1.165, 1.54) is 55.8 Å². The number of hydrogen-bond donors (Lipinski definition) is 0. The number of halogens is 1. The molecular formula is C12H23I. The van der Waals surface area contributed by atoms with Gasteiger partial charge in [-0.1, -0.05) is 68.0 Å². The fourth-order valence-electron chi connectivity index (χ4n) is 2.40. The van der Waals surface area contributed by atoms with Crippen molar-refractivity contribution in [2.45, 2.75) is 58.3 Å². The Hall–Kier alpha value is 0.730. The molecule has 0 bridgehead atoms. The van der Waals surface area contributed by atoms with Gasteiger partial charge in [0.1, 0.15) is 0 Å². The van der Waals surface area contributed by atoms with E-state index >= 15 is 0 Å². The first-order chi connectivity index (χ1) is 6.33. The van der Waals surface area contributed by atoms with Crippen molar-refractivity contribution in [1.82, 2.24) is 0 Å². The first-order valence-corrected chi connectivity index (χ1v) is 7.41. The summed E-state index contributed by atoms with van der Waals surface area (Å²) in [5.41, 5.74) is 0. The molecule has 0 aromatic carbocycles. The third-order valence-electron chi connectivity index (χ3n) is 3.26. The minimum absolute atomic E-state index is 0.984. The molecule has 2 atom stereocenters. The molecule has 0 aromatic heterocycles. The van der Waals surface area contributed by atoms with Gasteiger partial charge >= 0.3 is 0 Å². The summed E-state index contributed by atoms with van der Waals surface area (Å²) in [7, 11) is 0. The number of hydrogen-bond acceptors (Lipinski definition) is 0. The summed E-state index contributed by atoms with van der Waals surface area (Å²) in [5, 5.41) is 0. The second-order valence-corrected chi connectivity index (χ2v) is 5.59. The summed E-state index contributed by atoms with van der Waals surface area (Å²) in [6, 6.07) is 0. The van der Waals surface area contributed by atoms with Crippen molar-refractivity contribution < 1.29 is 0 Å². The molecular weight excluding hydrogens is 271 g/mol. The Kier molecular flexibility index (Phi) is 6.43. The highest BCUT2D eigenvalue weighted by Gasteiger charge is 2.13. The van der Waals surface area contributed by atoms with Gasteiger partial charge in [0.15, 0.2) is 0 Å². The van der Waals surface area contributed by atoms with Gasteiger partial charge in [-0.3, -0.25) is 0 Å². The van der Waals surface area contributed by atoms with Crippen LogP contribution in [0.25, 0.3) is 0 Å². The lowest BCUT2D eigenvalue weighted by atomic mass is 9.88. The highest BCUT2D eigenvalue weighted by molar-refractivity contribution is 14.1. The molecule has 1 aliphatic carbocycles. The molecule has 0 amide bonds. The van der Waals surface area contributed by atoms with Crippen LogP contribution >= 0.6 is 22.6 Å². The summed E-state index contributed by atoms with van der Waals surface area (Å²) in [4.78, 5) is 0. The van der Waals surface area contributed by atoms with Crippen molar-refractivity contribution in [3.05, 3.63) is 0 Å². The zero-order valence-corrected chi connectivity index (χ0v) is 11.1. The average molecular weight is 294 g/mol. The van der Waals surface area contributed by atoms with E-state index in [1.54, 1.807) is 0 Å². The zero-order chi connectivity index (χ0) is 9.52. The average Bonchev–Trinajstić information content (AvgIpc) is 2.15. The van der Waals surface area contributed by atoms with Crippen LogP contribution in [-0.2, 0) is 0 Å². The summed E-state index contributed by atoms with van der Waals surface area (Å²) < 4.78 is 1.38. The quantitative estimate of drug-likeness (QED) is 0.481. The van der Waals surface area contributed by atoms with E-state index in [-0.39, 0.29) is 0 Å². The van der Waals surface area contributed by atoms with Crippen molar-refractivity contribution in [3.63, 3.8) is 0 Å². The van der Waals surface area contributed by atoms with Gasteiger partial charge in [0.25, 0.3) is 0 Å². The SMILES string of the molecule is CC1CCCCCCCC(CI)C1. The van der Waals surface area contributed by atoms with Gasteiger partial charge < -0.3 is 0 Å². The van der Waals surface area contributed by atoms with Crippen LogP contribution < -0.4 is 0 Å². The third kappa shape index (κ3) is 5.24. The first-order valence-electron chi connectivity index (χ1n) is 5.89. The maximum absolute atomic E-state index is 2.57. The highest BCUT2D eigenvalue weighted by Crippen LogP contribution is 2.26. The van der Waals surface area contributed by atoms with Gasteiger partial charge in [-0.05, 0) is 24.7 Å². The molecule has 1 rings (SSSR count). The van der Waals surface area contributed by atoms with Gasteiger partial charge in [0, 0.05) is 4.43 Å². The molecule has 13 heavy (non-hydrogen) atoms. The molecule has 1 heteroatoms. The molecule has 0 spiro atoms. The summed E-state index contributed by atoms with van der Waals surface area (Å²) in [6.07, 6.45) is 11.9. The van der Waals surface area contributed by atoms with Gasteiger partial charge in [-0.2, -0.15) is 0 Å². The van der Waals surface area contributed by atoms with Crippen LogP contribution in [0.4, 0.5) is 0 Å². The molecule has 78 valence electrons. The van der Waals surface area contributed by atoms with Gasteiger partial charge in [-0.25, -0.2) is 0 Å². The van der Waals surface area contributed by atoms with E-state index < -0.39 is 0 Å². The second-order valence-electron chi connectivity index (χ2n) is 4.71. The minimum Gasteiger partial charge on any atom is -0.0861 e. The summed E-state index contributed by atoms with van der Waals surface area (Å²) in [6.45, 7) is 2.45. The van der Waals surface area contributed by atoms with Crippen molar-refractivity contribution in [2.24, 2.45) is 11.8 Å². The smallest absolute Gasteiger partial charge is 0.00238 e. The molecule has 1 fully saturated rings. The van der Waals surface area contributed by atoms with E-state index in [0.717, 1.165) is 11.8 Å². The van der Waals surface area contributed by atoms with Crippen LogP contribution in [0.3, 0.4) is 0 Å². The van der Waals surface area contributed by atoms with E-state index in [1.807, 2.05) is 0 Å². The monoisotopic (exact) mass is 294 g/mol. The van der Waals surface area contributed by atoms with Gasteiger partial charge in [0.2, 0.25) is 0 Å². The fourth-order valence-corrected chi connectivity index (χ4v) is 3.20. The lowest BCUT2D eigenvalue weighted by Gasteiger charge is -2.20. The molecule has 0 heterocycles. The third-order valence-corrected chi connectivity index (χ3v) is 4.51. The van der Waals surface area contributed by atoms with E-state index in [0.29, 0.717) is 0 Å². The van der Waals surface area contributed by atoms with Gasteiger partial charge in [-0.15, -0.1) is 0 Å². The van der Waals surface area contributed by atoms with Gasteiger partial charge in [0.05, 0.1) is 0 Å². The Morgan fingerprint density at radius 3 is 2.31 bits per heavy atom. The standard InChI is InChI=1S/C12H23I/c1-11-7-5-3-2-4-6-8-12(9-11)10-13/h11-12H,2-10H2,1H3. The Bertz CT molecular complexity index is 122. The Morgan fingerprint density at radius 1 is 1.00 bits per heavy atom. The molecule has 2 unspecified atom stereocenters. The zero-order valence-electron chi connectivity index (χ0n) is 8.90. The van der Waals surface area contributed by atoms with Crippen molar-refractivity contribution >= 4 is 22.6 Å². The summed E-state index contributed by atoms with van der Waals surface area (Å²) in [5.74, 6) is 2.01. The van der Waals surface area contributed by atoms with E-state index in [2.05, 4.69) is 29.5 Å². The number of rotatable bonds is 1. The van der Waals surface area contributed by atoms with Crippen molar-refractivity contribution in [3.8, 4) is 0 Å². The molecule has 0 nitrogen and oxygen atoms in total. The maximum atomic E-state index is 2.57. The highest BCUT2D eigenvalue weighted by atomic mass is 127. The number of alkyl halides is 1. The van der Waals surface area contributed by atoms with E-state index in [9.17, 15) is 0 Å². The minimum atomic E-state index is 0.984. The van der Waals surface area contributed by atoms with Crippen LogP contribution in [0.15, 0.2) is 0 Å². The molecule has 0 saturated heterocycles. The van der Waals surface area contributed by atoms with Crippen LogP contribution in [0.5, 0.6) is 0 Å². The Morgan fingerprint density at radius 2 is 1.62 bits per heavy atom. The first kappa shape index (κ1) is 11.8. The lowest BCUT2D eigenvalue weighted by molar-refractivity contribution is 0.349. The largest absolute Gasteiger partial charge is 0.0861 e. The van der Waals surface area contributed by atoms with E-state index in [4.69, 9.17) is 0 Å². The Balaban J connectivity index is 2.30. The second kappa shape index (κ2) is 7.08. The molecule has 0 N–H and O–H groups in total. The van der Waals surface area contributed by atoms with Crippen molar-refractivity contribution in [1.29, 1.82) is 0 Å². The molecule has 1 saturated carbocycles. The molecule has 0 aromatic rings. The topological polar surface area (TPSA) is 0 Å². The van der Waals surface area contributed by atoms with Crippen LogP contribution in [-0.4, -0.2) is 4.43 Å². The lowest BCUT2D eigenvalue weighted by Crippen LogP contribution is -2.09. The van der Waals surface area contributed by atoms with Crippen LogP contribution in [0.1, 0.15) is 58.3 Å². The summed E-state index contributed by atoms with van der Waals surface area (Å²) >= 11 is 2.57. The predicted molar refractivity (Wildman–Crippen MR) is 68.5 cm³/mol. The molecule has 0 aliphatic heterocycles. The van der Waals surface area contributed by atoms with Crippen molar-refractivity contribution in [2.75, 3.05) is 4.43 Å². The maximum Gasteiger partial charge on any atom is 0.00238 e. The normalized spacial score (nSPS) is 32.8. The molecule has 0 radical (unpaired) electrons. The van der Waals surface area contributed by atoms with Crippen LogP contribution in [0.2, 0.25) is 0 Å². The Labute approximate surface area is 97.0 Å². The van der Waals surface area contributed by atoms with Crippen LogP contribution in [0, 0.1) is 11.8 Å². The molecule has 1 aliphatic rings. The predicted octanol–water partition coefficient (Wildman–Crippen LogP) is 4.81.